The predicted octanol–water partition coefficient (Wildman–Crippen LogP) is 5.66. The van der Waals surface area contributed by atoms with Gasteiger partial charge in [0.2, 0.25) is 5.91 Å². The van der Waals surface area contributed by atoms with Gasteiger partial charge < -0.3 is 13.8 Å². The van der Waals surface area contributed by atoms with Crippen molar-refractivity contribution in [1.29, 1.82) is 0 Å². The fourth-order valence-corrected chi connectivity index (χ4v) is 8.21. The maximum Gasteiger partial charge on any atom is 0.306 e. The number of carbonyl (C=O) groups is 1. The van der Waals surface area contributed by atoms with Gasteiger partial charge in [0.15, 0.2) is 8.32 Å². The molecule has 0 saturated carbocycles. The van der Waals surface area contributed by atoms with Gasteiger partial charge in [-0.2, -0.15) is 0 Å². The lowest BCUT2D eigenvalue weighted by Crippen LogP contribution is -2.63. The third kappa shape index (κ3) is 4.21. The zero-order valence-electron chi connectivity index (χ0n) is 21.2. The highest BCUT2D eigenvalue weighted by Gasteiger charge is 2.58. The molecular formula is C27H36NO4PSi. The Balaban J connectivity index is 1.58. The zero-order chi connectivity index (χ0) is 24.9. The van der Waals surface area contributed by atoms with E-state index in [-0.39, 0.29) is 34.9 Å². The van der Waals surface area contributed by atoms with Gasteiger partial charge >= 0.3 is 7.37 Å². The summed E-state index contributed by atoms with van der Waals surface area (Å²) in [5, 5.41) is 1.35. The molecule has 1 saturated heterocycles. The molecule has 0 N–H and O–H groups in total. The number of nitrogens with zero attached hydrogens (tertiary/aromatic N) is 1. The molecule has 5 nitrogen and oxygen atoms in total. The standard InChI is InChI=1S/C27H36NO4PSi/c1-19-23(31-33(30,21-14-10-8-11-15-21)22-16-12-9-13-17-22)18-28-25(19)24(26(28)29)20(2)32-34(6,7)27(3,4)5/h8-20,24-25H,1-7H3/t19-,20?,24-,25+/m0/s1. The van der Waals surface area contributed by atoms with Crippen molar-refractivity contribution in [3.63, 3.8) is 0 Å². The van der Waals surface area contributed by atoms with Crippen molar-refractivity contribution in [2.45, 2.75) is 64.9 Å². The molecule has 1 fully saturated rings. The number of hydrogen-bond donors (Lipinski definition) is 0. The molecule has 2 aliphatic heterocycles. The second-order valence-electron chi connectivity index (χ2n) is 11.0. The Morgan fingerprint density at radius 3 is 1.94 bits per heavy atom. The van der Waals surface area contributed by atoms with Crippen molar-refractivity contribution < 1.29 is 18.3 Å². The van der Waals surface area contributed by atoms with Crippen molar-refractivity contribution >= 4 is 32.2 Å². The average molecular weight is 498 g/mol. The largest absolute Gasteiger partial charge is 0.439 e. The Bertz CT molecular complexity index is 1080. The highest BCUT2D eigenvalue weighted by Crippen LogP contribution is 2.53. The van der Waals surface area contributed by atoms with E-state index in [9.17, 15) is 9.36 Å². The van der Waals surface area contributed by atoms with Crippen molar-refractivity contribution in [2.24, 2.45) is 11.8 Å². The molecule has 34 heavy (non-hydrogen) atoms. The molecule has 182 valence electrons. The Morgan fingerprint density at radius 2 is 1.47 bits per heavy atom. The Morgan fingerprint density at radius 1 is 0.971 bits per heavy atom. The minimum atomic E-state index is -3.39. The first-order valence-corrected chi connectivity index (χ1v) is 16.5. The first-order valence-electron chi connectivity index (χ1n) is 12.0. The molecular weight excluding hydrogens is 461 g/mol. The summed E-state index contributed by atoms with van der Waals surface area (Å²) in [6.07, 6.45) is 1.58. The molecule has 4 atom stereocenters. The third-order valence-electron chi connectivity index (χ3n) is 7.67. The van der Waals surface area contributed by atoms with Crippen molar-refractivity contribution in [3.8, 4) is 0 Å². The first-order chi connectivity index (χ1) is 15.9. The number of carbonyl (C=O) groups excluding carboxylic acids is 1. The van der Waals surface area contributed by atoms with Crippen molar-refractivity contribution in [1.82, 2.24) is 4.90 Å². The van der Waals surface area contributed by atoms with Crippen LogP contribution < -0.4 is 10.6 Å². The summed E-state index contributed by atoms with van der Waals surface area (Å²) in [5.41, 5.74) is 0. The van der Waals surface area contributed by atoms with Gasteiger partial charge in [-0.25, -0.2) is 0 Å². The quantitative estimate of drug-likeness (QED) is 0.281. The van der Waals surface area contributed by atoms with Gasteiger partial charge in [-0.05, 0) is 49.3 Å². The maximum atomic E-state index is 14.4. The van der Waals surface area contributed by atoms with Gasteiger partial charge in [0, 0.05) is 12.1 Å². The third-order valence-corrected chi connectivity index (χ3v) is 14.7. The lowest BCUT2D eigenvalue weighted by molar-refractivity contribution is -0.157. The van der Waals surface area contributed by atoms with Crippen molar-refractivity contribution in [2.75, 3.05) is 0 Å². The van der Waals surface area contributed by atoms with Crippen LogP contribution in [0.15, 0.2) is 72.6 Å². The van der Waals surface area contributed by atoms with Gasteiger partial charge in [0.25, 0.3) is 0 Å². The van der Waals surface area contributed by atoms with Gasteiger partial charge in [-0.15, -0.1) is 0 Å². The lowest BCUT2D eigenvalue weighted by atomic mass is 9.79. The van der Waals surface area contributed by atoms with Gasteiger partial charge in [-0.3, -0.25) is 9.36 Å². The molecule has 1 unspecified atom stereocenters. The molecule has 0 aromatic heterocycles. The van der Waals surface area contributed by atoms with Crippen LogP contribution in [0.5, 0.6) is 0 Å². The summed E-state index contributed by atoms with van der Waals surface area (Å²) in [6.45, 7) is 15.1. The average Bonchev–Trinajstić information content (AvgIpc) is 3.05. The van der Waals surface area contributed by atoms with Crippen molar-refractivity contribution in [3.05, 3.63) is 72.6 Å². The summed E-state index contributed by atoms with van der Waals surface area (Å²) < 4.78 is 27.3. The summed E-state index contributed by atoms with van der Waals surface area (Å²) in [6, 6.07) is 18.6. The Kier molecular flexibility index (Phi) is 6.47. The van der Waals surface area contributed by atoms with E-state index in [0.717, 1.165) is 0 Å². The fourth-order valence-electron chi connectivity index (χ4n) is 4.63. The molecule has 1 amide bonds. The minimum Gasteiger partial charge on any atom is -0.439 e. The normalized spacial score (nSPS) is 23.7. The SMILES string of the molecule is CC(O[Si](C)(C)C(C)(C)C)[C@@H]1C(=O)N2C=C(OP(=O)(c3ccccc3)c3ccccc3)[C@H](C)[C@H]12. The van der Waals surface area contributed by atoms with Crippen LogP contribution >= 0.6 is 7.37 Å². The smallest absolute Gasteiger partial charge is 0.306 e. The minimum absolute atomic E-state index is 0.0396. The van der Waals surface area contributed by atoms with E-state index >= 15 is 0 Å². The predicted molar refractivity (Wildman–Crippen MR) is 140 cm³/mol. The highest BCUT2D eigenvalue weighted by molar-refractivity contribution is 7.74. The summed E-state index contributed by atoms with van der Waals surface area (Å²) >= 11 is 0. The molecule has 2 heterocycles. The van der Waals surface area contributed by atoms with Gasteiger partial charge in [-0.1, -0.05) is 64.1 Å². The van der Waals surface area contributed by atoms with Gasteiger partial charge in [0.1, 0.15) is 5.76 Å². The van der Waals surface area contributed by atoms with Crippen LogP contribution in [-0.2, 0) is 18.3 Å². The monoisotopic (exact) mass is 497 g/mol. The molecule has 0 spiro atoms. The van der Waals surface area contributed by atoms with Crippen LogP contribution in [0.3, 0.4) is 0 Å². The Hall–Kier alpha value is -2.14. The fraction of sp³-hybridized carbons (Fsp3) is 0.444. The second kappa shape index (κ2) is 8.82. The van der Waals surface area contributed by atoms with Crippen LogP contribution in [0.2, 0.25) is 18.1 Å². The lowest BCUT2D eigenvalue weighted by Gasteiger charge is -2.49. The topological polar surface area (TPSA) is 55.8 Å². The van der Waals surface area contributed by atoms with E-state index in [4.69, 9.17) is 8.95 Å². The molecule has 2 aliphatic rings. The Labute approximate surface area is 204 Å². The summed E-state index contributed by atoms with van der Waals surface area (Å²) in [7, 11) is -5.40. The van der Waals surface area contributed by atoms with E-state index in [0.29, 0.717) is 16.4 Å². The van der Waals surface area contributed by atoms with Gasteiger partial charge in [0.05, 0.1) is 28.7 Å². The van der Waals surface area contributed by atoms with E-state index < -0.39 is 15.7 Å². The number of β-lactam (4-membered cyclic amide) rings is 1. The number of fused-ring (bicyclic) bond motifs is 1. The van der Waals surface area contributed by atoms with E-state index in [1.54, 1.807) is 11.1 Å². The zero-order valence-corrected chi connectivity index (χ0v) is 23.1. The van der Waals surface area contributed by atoms with Crippen LogP contribution in [0, 0.1) is 11.8 Å². The molecule has 4 rings (SSSR count). The number of rotatable bonds is 7. The highest BCUT2D eigenvalue weighted by atomic mass is 31.2. The van der Waals surface area contributed by atoms with Crippen LogP contribution in [0.1, 0.15) is 34.6 Å². The van der Waals surface area contributed by atoms with Crippen LogP contribution in [0.4, 0.5) is 0 Å². The maximum absolute atomic E-state index is 14.4. The summed E-state index contributed by atoms with van der Waals surface area (Å²) in [5.74, 6) is 0.343. The summed E-state index contributed by atoms with van der Waals surface area (Å²) in [4.78, 5) is 14.9. The number of benzene rings is 2. The van der Waals surface area contributed by atoms with E-state index in [1.807, 2.05) is 67.6 Å². The molecule has 0 radical (unpaired) electrons. The van der Waals surface area contributed by atoms with E-state index in [2.05, 4.69) is 40.8 Å². The molecule has 0 aliphatic carbocycles. The van der Waals surface area contributed by atoms with Crippen LogP contribution in [-0.4, -0.2) is 31.3 Å². The van der Waals surface area contributed by atoms with Crippen LogP contribution in [0.25, 0.3) is 0 Å². The number of amides is 1. The van der Waals surface area contributed by atoms with E-state index in [1.165, 1.54) is 0 Å². The second-order valence-corrected chi connectivity index (χ2v) is 18.1. The molecule has 7 heteroatoms. The first kappa shape index (κ1) is 25.0. The molecule has 0 bridgehead atoms. The molecule has 2 aromatic carbocycles. The number of hydrogen-bond acceptors (Lipinski definition) is 4. The molecule has 2 aromatic rings.